The van der Waals surface area contributed by atoms with E-state index in [2.05, 4.69) is 5.32 Å². The molecule has 24 heavy (non-hydrogen) atoms. The molecule has 1 fully saturated rings. The molecule has 2 aromatic rings. The van der Waals surface area contributed by atoms with Crippen LogP contribution >= 0.6 is 0 Å². The predicted molar refractivity (Wildman–Crippen MR) is 91.6 cm³/mol. The van der Waals surface area contributed by atoms with Crippen LogP contribution in [0.25, 0.3) is 0 Å². The Hall–Kier alpha value is -2.18. The van der Waals surface area contributed by atoms with E-state index in [0.717, 1.165) is 5.56 Å². The molecule has 0 radical (unpaired) electrons. The number of carbonyl (C=O) groups excluding carboxylic acids is 1. The van der Waals surface area contributed by atoms with Crippen molar-refractivity contribution in [2.45, 2.75) is 30.3 Å². The molecule has 1 atom stereocenters. The summed E-state index contributed by atoms with van der Waals surface area (Å²) in [5.74, 6) is -0.240. The molecule has 1 saturated heterocycles. The van der Waals surface area contributed by atoms with Gasteiger partial charge in [-0.15, -0.1) is 0 Å². The van der Waals surface area contributed by atoms with Gasteiger partial charge >= 0.3 is 0 Å². The van der Waals surface area contributed by atoms with E-state index < -0.39 is 16.1 Å². The number of hydrogen-bond acceptors (Lipinski definition) is 3. The van der Waals surface area contributed by atoms with Crippen LogP contribution in [-0.4, -0.2) is 31.2 Å². The Kier molecular flexibility index (Phi) is 4.97. The maximum Gasteiger partial charge on any atom is 0.243 e. The molecule has 1 aliphatic rings. The highest BCUT2D eigenvalue weighted by Crippen LogP contribution is 2.26. The minimum absolute atomic E-state index is 0.229. The van der Waals surface area contributed by atoms with Gasteiger partial charge in [0.2, 0.25) is 15.9 Å². The van der Waals surface area contributed by atoms with Gasteiger partial charge in [-0.25, -0.2) is 8.42 Å². The van der Waals surface area contributed by atoms with Crippen LogP contribution in [0.3, 0.4) is 0 Å². The van der Waals surface area contributed by atoms with Gasteiger partial charge in [0.15, 0.2) is 0 Å². The summed E-state index contributed by atoms with van der Waals surface area (Å²) < 4.78 is 26.9. The van der Waals surface area contributed by atoms with Crippen molar-refractivity contribution in [1.29, 1.82) is 0 Å². The normalized spacial score (nSPS) is 18.4. The monoisotopic (exact) mass is 344 g/mol. The zero-order valence-electron chi connectivity index (χ0n) is 13.3. The molecular weight excluding hydrogens is 324 g/mol. The lowest BCUT2D eigenvalue weighted by atomic mass is 10.2. The number of sulfonamides is 1. The lowest BCUT2D eigenvalue weighted by Crippen LogP contribution is -2.45. The minimum atomic E-state index is -3.64. The summed E-state index contributed by atoms with van der Waals surface area (Å²) in [5, 5.41) is 2.85. The molecule has 1 N–H and O–H groups in total. The lowest BCUT2D eigenvalue weighted by Gasteiger charge is -2.23. The third-order valence-corrected chi connectivity index (χ3v) is 6.09. The van der Waals surface area contributed by atoms with Crippen molar-refractivity contribution in [2.75, 3.05) is 6.54 Å². The Morgan fingerprint density at radius 3 is 2.33 bits per heavy atom. The zero-order valence-corrected chi connectivity index (χ0v) is 14.1. The second-order valence-corrected chi connectivity index (χ2v) is 7.68. The Morgan fingerprint density at radius 2 is 1.67 bits per heavy atom. The first-order chi connectivity index (χ1) is 11.6. The van der Waals surface area contributed by atoms with Crippen molar-refractivity contribution < 1.29 is 13.2 Å². The molecule has 0 aromatic heterocycles. The summed E-state index contributed by atoms with van der Waals surface area (Å²) in [5.41, 5.74) is 0.987. The van der Waals surface area contributed by atoms with E-state index in [9.17, 15) is 13.2 Å². The van der Waals surface area contributed by atoms with Crippen LogP contribution in [0, 0.1) is 0 Å². The van der Waals surface area contributed by atoms with Gasteiger partial charge in [0.05, 0.1) is 4.90 Å². The minimum Gasteiger partial charge on any atom is -0.351 e. The maximum absolute atomic E-state index is 12.8. The second kappa shape index (κ2) is 7.15. The van der Waals surface area contributed by atoms with Crippen molar-refractivity contribution in [3.63, 3.8) is 0 Å². The molecule has 126 valence electrons. The van der Waals surface area contributed by atoms with E-state index in [0.29, 0.717) is 25.9 Å². The van der Waals surface area contributed by atoms with E-state index in [-0.39, 0.29) is 10.8 Å². The molecule has 0 saturated carbocycles. The van der Waals surface area contributed by atoms with Gasteiger partial charge in [-0.05, 0) is 30.5 Å². The van der Waals surface area contributed by atoms with Crippen LogP contribution in [0.15, 0.2) is 65.6 Å². The predicted octanol–water partition coefficient (Wildman–Crippen LogP) is 2.16. The second-order valence-electron chi connectivity index (χ2n) is 5.79. The smallest absolute Gasteiger partial charge is 0.243 e. The highest BCUT2D eigenvalue weighted by Gasteiger charge is 2.39. The summed E-state index contributed by atoms with van der Waals surface area (Å²) >= 11 is 0. The van der Waals surface area contributed by atoms with Gasteiger partial charge in [-0.2, -0.15) is 4.31 Å². The number of rotatable bonds is 5. The summed E-state index contributed by atoms with van der Waals surface area (Å²) in [7, 11) is -3.64. The Labute approximate surface area is 142 Å². The van der Waals surface area contributed by atoms with E-state index in [4.69, 9.17) is 0 Å². The van der Waals surface area contributed by atoms with Gasteiger partial charge in [-0.1, -0.05) is 48.5 Å². The molecule has 6 heteroatoms. The van der Waals surface area contributed by atoms with E-state index in [1.54, 1.807) is 30.3 Å². The number of amides is 1. The molecule has 0 bridgehead atoms. The van der Waals surface area contributed by atoms with Gasteiger partial charge in [0.1, 0.15) is 6.04 Å². The van der Waals surface area contributed by atoms with E-state index >= 15 is 0 Å². The standard InChI is InChI=1S/C18H20N2O3S/c21-18(19-14-15-8-3-1-4-9-15)17-12-7-13-20(17)24(22,23)16-10-5-2-6-11-16/h1-6,8-11,17H,7,12-14H2,(H,19,21). The summed E-state index contributed by atoms with van der Waals surface area (Å²) in [6.45, 7) is 0.774. The summed E-state index contributed by atoms with van der Waals surface area (Å²) in [6, 6.07) is 17.2. The molecule has 1 aliphatic heterocycles. The number of hydrogen-bond donors (Lipinski definition) is 1. The van der Waals surface area contributed by atoms with Crippen molar-refractivity contribution in [2.24, 2.45) is 0 Å². The number of benzene rings is 2. The van der Waals surface area contributed by atoms with Gasteiger partial charge < -0.3 is 5.32 Å². The Morgan fingerprint density at radius 1 is 1.04 bits per heavy atom. The maximum atomic E-state index is 12.8. The molecule has 1 heterocycles. The molecule has 3 rings (SSSR count). The first-order valence-electron chi connectivity index (χ1n) is 7.97. The Bertz CT molecular complexity index is 792. The number of carbonyl (C=O) groups is 1. The largest absolute Gasteiger partial charge is 0.351 e. The van der Waals surface area contributed by atoms with Crippen molar-refractivity contribution in [1.82, 2.24) is 9.62 Å². The lowest BCUT2D eigenvalue weighted by molar-refractivity contribution is -0.124. The van der Waals surface area contributed by atoms with Gasteiger partial charge in [0.25, 0.3) is 0 Å². The summed E-state index contributed by atoms with van der Waals surface area (Å²) in [4.78, 5) is 12.7. The zero-order chi connectivity index (χ0) is 17.0. The van der Waals surface area contributed by atoms with Crippen LogP contribution in [0.2, 0.25) is 0 Å². The fourth-order valence-electron chi connectivity index (χ4n) is 2.92. The third-order valence-electron chi connectivity index (χ3n) is 4.17. The molecule has 1 unspecified atom stereocenters. The van der Waals surface area contributed by atoms with Crippen molar-refractivity contribution in [3.8, 4) is 0 Å². The van der Waals surface area contributed by atoms with Crippen LogP contribution in [0.1, 0.15) is 18.4 Å². The number of nitrogens with one attached hydrogen (secondary N) is 1. The van der Waals surface area contributed by atoms with Crippen LogP contribution in [0.4, 0.5) is 0 Å². The molecule has 0 spiro atoms. The molecular formula is C18H20N2O3S. The third kappa shape index (κ3) is 3.49. The van der Waals surface area contributed by atoms with Crippen LogP contribution < -0.4 is 5.32 Å². The number of nitrogens with zero attached hydrogens (tertiary/aromatic N) is 1. The fraction of sp³-hybridized carbons (Fsp3) is 0.278. The molecule has 0 aliphatic carbocycles. The molecule has 5 nitrogen and oxygen atoms in total. The molecule has 1 amide bonds. The van der Waals surface area contributed by atoms with Crippen molar-refractivity contribution >= 4 is 15.9 Å². The average molecular weight is 344 g/mol. The van der Waals surface area contributed by atoms with Gasteiger partial charge in [0, 0.05) is 13.1 Å². The summed E-state index contributed by atoms with van der Waals surface area (Å²) in [6.07, 6.45) is 1.24. The fourth-order valence-corrected chi connectivity index (χ4v) is 4.60. The first kappa shape index (κ1) is 16.7. The molecule has 2 aromatic carbocycles. The topological polar surface area (TPSA) is 66.5 Å². The SMILES string of the molecule is O=C(NCc1ccccc1)C1CCCN1S(=O)(=O)c1ccccc1. The van der Waals surface area contributed by atoms with Crippen LogP contribution in [-0.2, 0) is 21.4 Å². The average Bonchev–Trinajstić information content (AvgIpc) is 3.12. The van der Waals surface area contributed by atoms with E-state index in [1.807, 2.05) is 30.3 Å². The van der Waals surface area contributed by atoms with Crippen molar-refractivity contribution in [3.05, 3.63) is 66.2 Å². The highest BCUT2D eigenvalue weighted by molar-refractivity contribution is 7.89. The van der Waals surface area contributed by atoms with Crippen LogP contribution in [0.5, 0.6) is 0 Å². The first-order valence-corrected chi connectivity index (χ1v) is 9.41. The Balaban J connectivity index is 1.72. The van der Waals surface area contributed by atoms with Gasteiger partial charge in [-0.3, -0.25) is 4.79 Å². The highest BCUT2D eigenvalue weighted by atomic mass is 32.2. The quantitative estimate of drug-likeness (QED) is 0.904. The van der Waals surface area contributed by atoms with E-state index in [1.165, 1.54) is 4.31 Å².